The van der Waals surface area contributed by atoms with Crippen LogP contribution >= 0.6 is 0 Å². The number of carbonyl (C=O) groups excluding carboxylic acids is 1. The van der Waals surface area contributed by atoms with Gasteiger partial charge < -0.3 is 9.47 Å². The fourth-order valence-corrected chi connectivity index (χ4v) is 10.4. The van der Waals surface area contributed by atoms with Crippen molar-refractivity contribution >= 4 is 5.97 Å². The molecule has 0 aromatic heterocycles. The van der Waals surface area contributed by atoms with Gasteiger partial charge in [0.1, 0.15) is 6.10 Å². The third-order valence-corrected chi connectivity index (χ3v) is 12.7. The van der Waals surface area contributed by atoms with Gasteiger partial charge in [-0.2, -0.15) is 13.2 Å². The van der Waals surface area contributed by atoms with E-state index in [4.69, 9.17) is 9.47 Å². The van der Waals surface area contributed by atoms with Crippen molar-refractivity contribution in [3.63, 3.8) is 0 Å². The zero-order valence-electron chi connectivity index (χ0n) is 27.1. The monoisotopic (exact) mass is 602 g/mol. The van der Waals surface area contributed by atoms with Gasteiger partial charge in [-0.05, 0) is 91.3 Å². The Bertz CT molecular complexity index is 1160. The fraction of sp³-hybridized carbons (Fsp3) is 0.757. The number of fused-ring (bicyclic) bond motifs is 5. The van der Waals surface area contributed by atoms with Crippen LogP contribution in [-0.2, 0) is 19.9 Å². The van der Waals surface area contributed by atoms with E-state index in [1.54, 1.807) is 6.07 Å². The van der Waals surface area contributed by atoms with Gasteiger partial charge in [-0.3, -0.25) is 0 Å². The number of ether oxygens (including phenoxy) is 2. The molecule has 0 heterocycles. The predicted molar refractivity (Wildman–Crippen MR) is 164 cm³/mol. The average molecular weight is 603 g/mol. The van der Waals surface area contributed by atoms with E-state index in [0.717, 1.165) is 43.6 Å². The molecule has 0 bridgehead atoms. The number of benzene rings is 1. The molecule has 0 N–H and O–H groups in total. The van der Waals surface area contributed by atoms with Crippen molar-refractivity contribution in [1.82, 2.24) is 0 Å². The van der Waals surface area contributed by atoms with Crippen molar-refractivity contribution in [3.8, 4) is 0 Å². The molecule has 1 aromatic carbocycles. The summed E-state index contributed by atoms with van der Waals surface area (Å²) >= 11 is 0. The normalized spacial score (nSPS) is 36.1. The molecule has 0 spiro atoms. The Kier molecular flexibility index (Phi) is 9.22. The molecule has 240 valence electrons. The lowest BCUT2D eigenvalue weighted by Crippen LogP contribution is -2.53. The highest BCUT2D eigenvalue weighted by molar-refractivity contribution is 5.83. The second-order valence-corrected chi connectivity index (χ2v) is 15.3. The van der Waals surface area contributed by atoms with Crippen LogP contribution in [0.25, 0.3) is 0 Å². The van der Waals surface area contributed by atoms with E-state index in [1.165, 1.54) is 74.8 Å². The lowest BCUT2D eigenvalue weighted by molar-refractivity contribution is -0.278. The number of allylic oxidation sites excluding steroid dienone is 1. The summed E-state index contributed by atoms with van der Waals surface area (Å²) in [5, 5.41) is 0. The molecule has 0 saturated heterocycles. The number of hydrogen-bond donors (Lipinski definition) is 0. The molecule has 6 heteroatoms. The minimum atomic E-state index is -4.96. The summed E-state index contributed by atoms with van der Waals surface area (Å²) in [4.78, 5) is 13.3. The zero-order valence-corrected chi connectivity index (χ0v) is 27.1. The summed E-state index contributed by atoms with van der Waals surface area (Å²) in [6.07, 6.45) is 8.97. The number of hydrogen-bond acceptors (Lipinski definition) is 3. The lowest BCUT2D eigenvalue weighted by Gasteiger charge is -2.58. The molecular weight excluding hydrogens is 549 g/mol. The first kappa shape index (κ1) is 32.6. The maximum Gasteiger partial charge on any atom is 0.432 e. The first-order valence-electron chi connectivity index (χ1n) is 16.9. The molecule has 1 aromatic rings. The van der Waals surface area contributed by atoms with E-state index < -0.39 is 23.9 Å². The second kappa shape index (κ2) is 12.2. The molecule has 3 saturated carbocycles. The Morgan fingerprint density at radius 2 is 1.70 bits per heavy atom. The van der Waals surface area contributed by atoms with Crippen LogP contribution in [0.4, 0.5) is 13.2 Å². The van der Waals surface area contributed by atoms with Gasteiger partial charge in [-0.1, -0.05) is 95.9 Å². The van der Waals surface area contributed by atoms with Crippen molar-refractivity contribution in [1.29, 1.82) is 0 Å². The maximum atomic E-state index is 14.5. The van der Waals surface area contributed by atoms with Crippen LogP contribution in [0.1, 0.15) is 111 Å². The minimum Gasteiger partial charge on any atom is -0.459 e. The first-order valence-corrected chi connectivity index (χ1v) is 16.9. The number of esters is 1. The van der Waals surface area contributed by atoms with Crippen LogP contribution in [0, 0.1) is 46.3 Å². The number of methoxy groups -OCH3 is 1. The molecule has 3 fully saturated rings. The second-order valence-electron chi connectivity index (χ2n) is 15.3. The molecule has 9 atom stereocenters. The highest BCUT2D eigenvalue weighted by Crippen LogP contribution is 2.67. The van der Waals surface area contributed by atoms with Crippen molar-refractivity contribution in [2.45, 2.75) is 123 Å². The molecule has 0 unspecified atom stereocenters. The number of rotatable bonds is 9. The van der Waals surface area contributed by atoms with Gasteiger partial charge in [-0.25, -0.2) is 4.79 Å². The largest absolute Gasteiger partial charge is 0.459 e. The van der Waals surface area contributed by atoms with Gasteiger partial charge in [0, 0.05) is 19.1 Å². The van der Waals surface area contributed by atoms with E-state index in [2.05, 4.69) is 40.7 Å². The molecule has 5 rings (SSSR count). The smallest absolute Gasteiger partial charge is 0.432 e. The van der Waals surface area contributed by atoms with Gasteiger partial charge in [0.15, 0.2) is 0 Å². The van der Waals surface area contributed by atoms with Crippen LogP contribution in [-0.4, -0.2) is 25.4 Å². The van der Waals surface area contributed by atoms with Crippen molar-refractivity contribution in [2.24, 2.45) is 46.3 Å². The fourth-order valence-electron chi connectivity index (χ4n) is 10.4. The van der Waals surface area contributed by atoms with E-state index >= 15 is 0 Å². The minimum absolute atomic E-state index is 0.0237. The van der Waals surface area contributed by atoms with Crippen LogP contribution in [0.5, 0.6) is 0 Å². The highest BCUT2D eigenvalue weighted by Gasteiger charge is 2.65. The summed E-state index contributed by atoms with van der Waals surface area (Å²) in [5.74, 6) is 2.98. The van der Waals surface area contributed by atoms with Gasteiger partial charge in [0.25, 0.3) is 5.60 Å². The molecule has 0 radical (unpaired) electrons. The molecule has 4 aliphatic rings. The van der Waals surface area contributed by atoms with Crippen molar-refractivity contribution in [2.75, 3.05) is 7.11 Å². The van der Waals surface area contributed by atoms with Gasteiger partial charge in [0.2, 0.25) is 0 Å². The number of carbonyl (C=O) groups is 1. The Hall–Kier alpha value is -1.82. The third kappa shape index (κ3) is 5.61. The SMILES string of the molecule is CO[C@@](C(=O)O[C@@H]1CC[C@@]2(C)C(=CC[C@H]3[C@@H]4CC[C@H]([C@H](C)CCCC(C)C)[C@@]4(C)CC[C@@H]32)C1)(c1ccccc1)C(F)(F)F. The summed E-state index contributed by atoms with van der Waals surface area (Å²) in [6.45, 7) is 12.1. The predicted octanol–water partition coefficient (Wildman–Crippen LogP) is 10.0. The van der Waals surface area contributed by atoms with Crippen molar-refractivity contribution in [3.05, 3.63) is 47.5 Å². The van der Waals surface area contributed by atoms with E-state index in [9.17, 15) is 18.0 Å². The third-order valence-electron chi connectivity index (χ3n) is 12.7. The summed E-state index contributed by atoms with van der Waals surface area (Å²) in [6, 6.07) is 7.12. The summed E-state index contributed by atoms with van der Waals surface area (Å²) < 4.78 is 54.0. The van der Waals surface area contributed by atoms with Gasteiger partial charge in [0.05, 0.1) is 0 Å². The topological polar surface area (TPSA) is 35.5 Å². The maximum absolute atomic E-state index is 14.5. The van der Waals surface area contributed by atoms with E-state index in [-0.39, 0.29) is 11.0 Å². The first-order chi connectivity index (χ1) is 20.3. The van der Waals surface area contributed by atoms with E-state index in [0.29, 0.717) is 30.1 Å². The molecule has 0 amide bonds. The van der Waals surface area contributed by atoms with Crippen LogP contribution in [0.15, 0.2) is 42.0 Å². The standard InChI is InChI=1S/C37H53F3O3/c1-24(2)11-10-12-25(3)30-17-18-31-29-16-15-27-23-28(19-21-34(27,4)32(29)20-22-35(30,31)5)43-33(41)36(42-6,37(38,39)40)26-13-8-7-9-14-26/h7-9,13-15,24-25,28-32H,10-12,16-23H2,1-6H3/t25-,28-,29+,30-,31+,32+,34+,35-,36-/m1/s1. The Labute approximate surface area is 257 Å². The summed E-state index contributed by atoms with van der Waals surface area (Å²) in [7, 11) is 0.931. The number of halogens is 3. The Morgan fingerprint density at radius 3 is 2.35 bits per heavy atom. The zero-order chi connectivity index (χ0) is 31.2. The van der Waals surface area contributed by atoms with Gasteiger partial charge >= 0.3 is 12.1 Å². The van der Waals surface area contributed by atoms with Crippen LogP contribution < -0.4 is 0 Å². The Balaban J connectivity index is 1.29. The van der Waals surface area contributed by atoms with Crippen molar-refractivity contribution < 1.29 is 27.4 Å². The quantitative estimate of drug-likeness (QED) is 0.208. The molecule has 0 aliphatic heterocycles. The molecular formula is C37H53F3O3. The average Bonchev–Trinajstić information content (AvgIpc) is 3.31. The van der Waals surface area contributed by atoms with Gasteiger partial charge in [-0.15, -0.1) is 0 Å². The molecule has 4 aliphatic carbocycles. The van der Waals surface area contributed by atoms with Crippen LogP contribution in [0.2, 0.25) is 0 Å². The molecule has 3 nitrogen and oxygen atoms in total. The number of alkyl halides is 3. The summed E-state index contributed by atoms with van der Waals surface area (Å²) in [5.41, 5.74) is -1.68. The highest BCUT2D eigenvalue weighted by atomic mass is 19.4. The molecule has 43 heavy (non-hydrogen) atoms. The van der Waals surface area contributed by atoms with Crippen LogP contribution in [0.3, 0.4) is 0 Å². The lowest BCUT2D eigenvalue weighted by atomic mass is 9.47. The van der Waals surface area contributed by atoms with E-state index in [1.807, 2.05) is 0 Å². The Morgan fingerprint density at radius 1 is 0.977 bits per heavy atom.